The summed E-state index contributed by atoms with van der Waals surface area (Å²) in [6.07, 6.45) is 0. The molecule has 1 saturated heterocycles. The normalized spacial score (nSPS) is 19.0. The monoisotopic (exact) mass is 388 g/mol. The molecule has 1 aliphatic heterocycles. The summed E-state index contributed by atoms with van der Waals surface area (Å²) < 4.78 is 32.1. The maximum absolute atomic E-state index is 13.6. The number of ether oxygens (including phenoxy) is 1. The van der Waals surface area contributed by atoms with Crippen molar-refractivity contribution in [2.45, 2.75) is 25.9 Å². The van der Waals surface area contributed by atoms with Gasteiger partial charge < -0.3 is 10.1 Å². The minimum absolute atomic E-state index is 0.122. The molecule has 1 unspecified atom stereocenters. The van der Waals surface area contributed by atoms with Crippen molar-refractivity contribution in [2.75, 3.05) is 7.11 Å². The lowest BCUT2D eigenvalue weighted by atomic mass is 9.92. The molecule has 6 nitrogen and oxygen atoms in total. The molecule has 0 radical (unpaired) electrons. The molecule has 1 aliphatic rings. The van der Waals surface area contributed by atoms with Gasteiger partial charge in [-0.1, -0.05) is 6.07 Å². The van der Waals surface area contributed by atoms with Crippen LogP contribution in [0.3, 0.4) is 0 Å². The summed E-state index contributed by atoms with van der Waals surface area (Å²) in [5.41, 5.74) is -0.548. The van der Waals surface area contributed by atoms with E-state index in [9.17, 15) is 23.2 Å². The molecule has 1 heterocycles. The second-order valence-corrected chi connectivity index (χ2v) is 6.66. The molecule has 28 heavy (non-hydrogen) atoms. The van der Waals surface area contributed by atoms with Gasteiger partial charge in [-0.25, -0.2) is 13.6 Å². The SMILES string of the molecule is COc1ccc(C(C)=O)cc1CN1C(=O)NC(C)(c2ccc(F)c(F)c2)C1=O. The van der Waals surface area contributed by atoms with E-state index in [2.05, 4.69) is 5.32 Å². The van der Waals surface area contributed by atoms with Gasteiger partial charge in [0.1, 0.15) is 11.3 Å². The van der Waals surface area contributed by atoms with Crippen LogP contribution in [0.5, 0.6) is 5.75 Å². The Balaban J connectivity index is 1.95. The molecule has 0 aliphatic carbocycles. The number of halogens is 2. The number of benzene rings is 2. The van der Waals surface area contributed by atoms with Crippen molar-refractivity contribution in [1.29, 1.82) is 0 Å². The van der Waals surface area contributed by atoms with Crippen LogP contribution in [-0.2, 0) is 16.9 Å². The first-order valence-electron chi connectivity index (χ1n) is 8.45. The predicted molar refractivity (Wildman–Crippen MR) is 95.8 cm³/mol. The van der Waals surface area contributed by atoms with Crippen molar-refractivity contribution in [3.8, 4) is 5.75 Å². The van der Waals surface area contributed by atoms with Crippen LogP contribution in [-0.4, -0.2) is 29.7 Å². The average molecular weight is 388 g/mol. The number of hydrogen-bond donors (Lipinski definition) is 1. The van der Waals surface area contributed by atoms with E-state index in [1.165, 1.54) is 27.0 Å². The molecule has 0 bridgehead atoms. The Morgan fingerprint density at radius 3 is 2.46 bits per heavy atom. The predicted octanol–water partition coefficient (Wildman–Crippen LogP) is 3.14. The summed E-state index contributed by atoms with van der Waals surface area (Å²) in [7, 11) is 1.43. The van der Waals surface area contributed by atoms with E-state index in [0.29, 0.717) is 16.9 Å². The van der Waals surface area contributed by atoms with E-state index in [1.807, 2.05) is 0 Å². The lowest BCUT2D eigenvalue weighted by Crippen LogP contribution is -2.41. The van der Waals surface area contributed by atoms with E-state index in [4.69, 9.17) is 4.74 Å². The van der Waals surface area contributed by atoms with Crippen molar-refractivity contribution in [3.05, 3.63) is 64.7 Å². The fraction of sp³-hybridized carbons (Fsp3) is 0.250. The largest absolute Gasteiger partial charge is 0.496 e. The number of imide groups is 1. The Bertz CT molecular complexity index is 992. The molecule has 146 valence electrons. The summed E-state index contributed by atoms with van der Waals surface area (Å²) in [6, 6.07) is 7.06. The van der Waals surface area contributed by atoms with Gasteiger partial charge in [0, 0.05) is 11.1 Å². The zero-order valence-corrected chi connectivity index (χ0v) is 15.5. The number of nitrogens with one attached hydrogen (secondary N) is 1. The molecular weight excluding hydrogens is 370 g/mol. The van der Waals surface area contributed by atoms with Gasteiger partial charge in [-0.05, 0) is 49.7 Å². The van der Waals surface area contributed by atoms with Gasteiger partial charge in [0.2, 0.25) is 0 Å². The van der Waals surface area contributed by atoms with Crippen molar-refractivity contribution in [2.24, 2.45) is 0 Å². The van der Waals surface area contributed by atoms with Crippen molar-refractivity contribution >= 4 is 17.7 Å². The Kier molecular flexibility index (Phi) is 4.89. The lowest BCUT2D eigenvalue weighted by molar-refractivity contribution is -0.131. The second-order valence-electron chi connectivity index (χ2n) is 6.66. The molecule has 1 fully saturated rings. The average Bonchev–Trinajstić information content (AvgIpc) is 2.87. The number of methoxy groups -OCH3 is 1. The molecule has 0 aromatic heterocycles. The highest BCUT2D eigenvalue weighted by molar-refractivity contribution is 6.07. The van der Waals surface area contributed by atoms with Crippen molar-refractivity contribution in [3.63, 3.8) is 0 Å². The molecule has 1 atom stereocenters. The quantitative estimate of drug-likeness (QED) is 0.631. The van der Waals surface area contributed by atoms with Crippen LogP contribution >= 0.6 is 0 Å². The Morgan fingerprint density at radius 2 is 1.86 bits per heavy atom. The summed E-state index contributed by atoms with van der Waals surface area (Å²) in [4.78, 5) is 38.0. The van der Waals surface area contributed by atoms with E-state index >= 15 is 0 Å². The van der Waals surface area contributed by atoms with Gasteiger partial charge in [0.05, 0.1) is 13.7 Å². The summed E-state index contributed by atoms with van der Waals surface area (Å²) >= 11 is 0. The Morgan fingerprint density at radius 1 is 1.14 bits per heavy atom. The van der Waals surface area contributed by atoms with Gasteiger partial charge >= 0.3 is 6.03 Å². The molecule has 8 heteroatoms. The van der Waals surface area contributed by atoms with Crippen LogP contribution in [0, 0.1) is 11.6 Å². The van der Waals surface area contributed by atoms with Gasteiger partial charge in [0.25, 0.3) is 5.91 Å². The number of urea groups is 1. The number of rotatable bonds is 5. The lowest BCUT2D eigenvalue weighted by Gasteiger charge is -2.22. The maximum atomic E-state index is 13.6. The number of nitrogens with zero attached hydrogens (tertiary/aromatic N) is 1. The van der Waals surface area contributed by atoms with Gasteiger partial charge in [-0.15, -0.1) is 0 Å². The standard InChI is InChI=1S/C20H18F2N2O4/c1-11(25)12-4-7-17(28-3)13(8-12)10-24-18(26)20(2,23-19(24)27)14-5-6-15(21)16(22)9-14/h4-9H,10H2,1-3H3,(H,23,27). The van der Waals surface area contributed by atoms with Crippen LogP contribution in [0.4, 0.5) is 13.6 Å². The molecule has 0 saturated carbocycles. The van der Waals surface area contributed by atoms with Crippen LogP contribution in [0.15, 0.2) is 36.4 Å². The van der Waals surface area contributed by atoms with Gasteiger partial charge in [-0.3, -0.25) is 14.5 Å². The first-order chi connectivity index (χ1) is 13.2. The van der Waals surface area contributed by atoms with Crippen LogP contribution in [0.2, 0.25) is 0 Å². The molecule has 3 amide bonds. The number of Topliss-reactive ketones (excluding diaryl/α,β-unsaturated/α-hetero) is 1. The number of carbonyl (C=O) groups is 3. The first-order valence-corrected chi connectivity index (χ1v) is 8.45. The van der Waals surface area contributed by atoms with Crippen LogP contribution in [0.1, 0.15) is 35.3 Å². The van der Waals surface area contributed by atoms with Gasteiger partial charge in [0.15, 0.2) is 17.4 Å². The van der Waals surface area contributed by atoms with E-state index in [1.54, 1.807) is 18.2 Å². The van der Waals surface area contributed by atoms with Crippen LogP contribution < -0.4 is 10.1 Å². The molecule has 1 N–H and O–H groups in total. The molecule has 0 spiro atoms. The Labute approximate surface area is 160 Å². The number of ketones is 1. The zero-order valence-electron chi connectivity index (χ0n) is 15.5. The topological polar surface area (TPSA) is 75.7 Å². The third kappa shape index (κ3) is 3.21. The van der Waals surface area contributed by atoms with Crippen LogP contribution in [0.25, 0.3) is 0 Å². The third-order valence-corrected chi connectivity index (χ3v) is 4.79. The summed E-state index contributed by atoms with van der Waals surface area (Å²) in [5.74, 6) is -2.56. The molecular formula is C20H18F2N2O4. The number of hydrogen-bond acceptors (Lipinski definition) is 4. The molecule has 2 aromatic carbocycles. The zero-order chi connectivity index (χ0) is 20.6. The minimum Gasteiger partial charge on any atom is -0.496 e. The Hall–Kier alpha value is -3.29. The number of carbonyl (C=O) groups excluding carboxylic acids is 3. The highest BCUT2D eigenvalue weighted by Crippen LogP contribution is 2.32. The first kappa shape index (κ1) is 19.5. The van der Waals surface area contributed by atoms with E-state index < -0.39 is 29.1 Å². The number of amides is 3. The smallest absolute Gasteiger partial charge is 0.325 e. The fourth-order valence-electron chi connectivity index (χ4n) is 3.13. The molecule has 3 rings (SSSR count). The fourth-order valence-corrected chi connectivity index (χ4v) is 3.13. The maximum Gasteiger partial charge on any atom is 0.325 e. The third-order valence-electron chi connectivity index (χ3n) is 4.79. The van der Waals surface area contributed by atoms with Crippen molar-refractivity contribution in [1.82, 2.24) is 10.2 Å². The van der Waals surface area contributed by atoms with Gasteiger partial charge in [-0.2, -0.15) is 0 Å². The van der Waals surface area contributed by atoms with Crippen molar-refractivity contribution < 1.29 is 27.9 Å². The molecule has 2 aromatic rings. The highest BCUT2D eigenvalue weighted by atomic mass is 19.2. The van der Waals surface area contributed by atoms with E-state index in [-0.39, 0.29) is 17.9 Å². The minimum atomic E-state index is -1.54. The second kappa shape index (κ2) is 7.03. The summed E-state index contributed by atoms with van der Waals surface area (Å²) in [6.45, 7) is 2.68. The van der Waals surface area contributed by atoms with E-state index in [0.717, 1.165) is 17.0 Å². The highest BCUT2D eigenvalue weighted by Gasteiger charge is 2.49. The summed E-state index contributed by atoms with van der Waals surface area (Å²) in [5, 5.41) is 2.53.